The molecule has 0 spiro atoms. The summed E-state index contributed by atoms with van der Waals surface area (Å²) in [6.07, 6.45) is 2.18. The first kappa shape index (κ1) is 12.9. The molecule has 0 aliphatic rings. The Hall–Kier alpha value is -2.51. The molecule has 0 atom stereocenters. The van der Waals surface area contributed by atoms with Crippen molar-refractivity contribution in [1.82, 2.24) is 30.3 Å². The Bertz CT molecular complexity index is 520. The van der Waals surface area contributed by atoms with Gasteiger partial charge in [-0.1, -0.05) is 0 Å². The molecule has 2 rings (SSSR count). The Morgan fingerprint density at radius 1 is 1.37 bits per heavy atom. The van der Waals surface area contributed by atoms with Gasteiger partial charge in [0.1, 0.15) is 18.0 Å². The first-order valence-corrected chi connectivity index (χ1v) is 5.80. The molecule has 0 unspecified atom stereocenters. The normalized spacial score (nSPS) is 10.2. The molecular weight excluding hydrogens is 246 g/mol. The fourth-order valence-corrected chi connectivity index (χ4v) is 1.43. The smallest absolute Gasteiger partial charge is 0.273 e. The van der Waals surface area contributed by atoms with Gasteiger partial charge in [-0.05, 0) is 12.1 Å². The van der Waals surface area contributed by atoms with Crippen molar-refractivity contribution in [2.45, 2.75) is 6.42 Å². The third-order valence-electron chi connectivity index (χ3n) is 2.42. The fraction of sp³-hybridized carbons (Fsp3) is 0.364. The summed E-state index contributed by atoms with van der Waals surface area (Å²) in [6, 6.07) is 3.37. The molecule has 100 valence electrons. The fourth-order valence-electron chi connectivity index (χ4n) is 1.43. The van der Waals surface area contributed by atoms with E-state index in [1.807, 2.05) is 0 Å². The lowest BCUT2D eigenvalue weighted by Gasteiger charge is -2.09. The SMILES string of the molecule is CN(C)C(=O)c1ccc(NCCc2ncn[nH]2)nn1. The first-order valence-electron chi connectivity index (χ1n) is 5.80. The van der Waals surface area contributed by atoms with E-state index in [9.17, 15) is 4.79 Å². The molecule has 0 aromatic carbocycles. The van der Waals surface area contributed by atoms with Crippen LogP contribution in [0.1, 0.15) is 16.3 Å². The van der Waals surface area contributed by atoms with Crippen LogP contribution in [0.25, 0.3) is 0 Å². The maximum Gasteiger partial charge on any atom is 0.273 e. The Kier molecular flexibility index (Phi) is 4.01. The summed E-state index contributed by atoms with van der Waals surface area (Å²) < 4.78 is 0. The summed E-state index contributed by atoms with van der Waals surface area (Å²) in [6.45, 7) is 0.658. The average molecular weight is 261 g/mol. The van der Waals surface area contributed by atoms with E-state index >= 15 is 0 Å². The third-order valence-corrected chi connectivity index (χ3v) is 2.42. The second-order valence-corrected chi connectivity index (χ2v) is 4.11. The molecule has 2 N–H and O–H groups in total. The number of rotatable bonds is 5. The number of aromatic amines is 1. The standard InChI is InChI=1S/C11H15N7O/c1-18(2)11(19)8-3-4-9(17-15-8)12-6-5-10-13-7-14-16-10/h3-4,7H,5-6H2,1-2H3,(H,12,17)(H,13,14,16). The molecule has 1 amide bonds. The number of nitrogens with one attached hydrogen (secondary N) is 2. The van der Waals surface area contributed by atoms with Crippen LogP contribution in [0.5, 0.6) is 0 Å². The number of aromatic nitrogens is 5. The van der Waals surface area contributed by atoms with Crippen LogP contribution in [0, 0.1) is 0 Å². The number of hydrogen-bond donors (Lipinski definition) is 2. The summed E-state index contributed by atoms with van der Waals surface area (Å²) in [5.41, 5.74) is 0.325. The molecule has 0 aliphatic carbocycles. The van der Waals surface area contributed by atoms with Gasteiger partial charge in [0.05, 0.1) is 0 Å². The van der Waals surface area contributed by atoms with Crippen LogP contribution in [0.4, 0.5) is 5.82 Å². The highest BCUT2D eigenvalue weighted by atomic mass is 16.2. The van der Waals surface area contributed by atoms with Gasteiger partial charge in [0.2, 0.25) is 0 Å². The van der Waals surface area contributed by atoms with Crippen LogP contribution in [-0.2, 0) is 6.42 Å². The van der Waals surface area contributed by atoms with Gasteiger partial charge in [-0.2, -0.15) is 5.10 Å². The van der Waals surface area contributed by atoms with Gasteiger partial charge < -0.3 is 10.2 Å². The maximum absolute atomic E-state index is 11.6. The van der Waals surface area contributed by atoms with E-state index in [1.54, 1.807) is 26.2 Å². The number of carbonyl (C=O) groups excluding carboxylic acids is 1. The third kappa shape index (κ3) is 3.47. The lowest BCUT2D eigenvalue weighted by molar-refractivity contribution is 0.0821. The Morgan fingerprint density at radius 3 is 2.79 bits per heavy atom. The number of carbonyl (C=O) groups is 1. The van der Waals surface area contributed by atoms with Crippen LogP contribution in [0.2, 0.25) is 0 Å². The molecule has 19 heavy (non-hydrogen) atoms. The Balaban J connectivity index is 1.86. The molecule has 0 radical (unpaired) electrons. The summed E-state index contributed by atoms with van der Waals surface area (Å²) in [5.74, 6) is 1.26. The summed E-state index contributed by atoms with van der Waals surface area (Å²) in [7, 11) is 3.35. The minimum Gasteiger partial charge on any atom is -0.368 e. The summed E-state index contributed by atoms with van der Waals surface area (Å²) >= 11 is 0. The predicted octanol–water partition coefficient (Wildman–Crippen LogP) is -0.0489. The number of H-pyrrole nitrogens is 1. The van der Waals surface area contributed by atoms with E-state index in [1.165, 1.54) is 11.2 Å². The van der Waals surface area contributed by atoms with Crippen molar-refractivity contribution in [2.24, 2.45) is 0 Å². The zero-order chi connectivity index (χ0) is 13.7. The second-order valence-electron chi connectivity index (χ2n) is 4.11. The molecule has 0 saturated heterocycles. The van der Waals surface area contributed by atoms with E-state index in [-0.39, 0.29) is 5.91 Å². The molecule has 8 nitrogen and oxygen atoms in total. The van der Waals surface area contributed by atoms with E-state index in [0.29, 0.717) is 24.5 Å². The van der Waals surface area contributed by atoms with Gasteiger partial charge in [-0.3, -0.25) is 9.89 Å². The quantitative estimate of drug-likeness (QED) is 0.783. The lowest BCUT2D eigenvalue weighted by atomic mass is 10.3. The minimum atomic E-state index is -0.166. The van der Waals surface area contributed by atoms with Crippen molar-refractivity contribution in [3.8, 4) is 0 Å². The van der Waals surface area contributed by atoms with E-state index in [2.05, 4.69) is 30.7 Å². The molecule has 8 heteroatoms. The van der Waals surface area contributed by atoms with Crippen molar-refractivity contribution >= 4 is 11.7 Å². The topological polar surface area (TPSA) is 99.7 Å². The van der Waals surface area contributed by atoms with Gasteiger partial charge in [-0.25, -0.2) is 4.98 Å². The van der Waals surface area contributed by atoms with Crippen LogP contribution in [0.15, 0.2) is 18.5 Å². The zero-order valence-corrected chi connectivity index (χ0v) is 10.8. The first-order chi connectivity index (χ1) is 9.16. The number of hydrogen-bond acceptors (Lipinski definition) is 6. The van der Waals surface area contributed by atoms with Crippen molar-refractivity contribution in [2.75, 3.05) is 26.0 Å². The van der Waals surface area contributed by atoms with Crippen molar-refractivity contribution in [1.29, 1.82) is 0 Å². The van der Waals surface area contributed by atoms with Gasteiger partial charge in [0.25, 0.3) is 5.91 Å². The molecule has 0 bridgehead atoms. The molecular formula is C11H15N7O. The van der Waals surface area contributed by atoms with Crippen LogP contribution in [0.3, 0.4) is 0 Å². The molecule has 2 aromatic heterocycles. The number of amides is 1. The molecule has 0 fully saturated rings. The van der Waals surface area contributed by atoms with Gasteiger partial charge >= 0.3 is 0 Å². The van der Waals surface area contributed by atoms with Crippen molar-refractivity contribution in [3.63, 3.8) is 0 Å². The highest BCUT2D eigenvalue weighted by molar-refractivity contribution is 5.91. The van der Waals surface area contributed by atoms with Gasteiger partial charge in [-0.15, -0.1) is 10.2 Å². The minimum absolute atomic E-state index is 0.166. The van der Waals surface area contributed by atoms with E-state index < -0.39 is 0 Å². The molecule has 0 saturated carbocycles. The Morgan fingerprint density at radius 2 is 2.21 bits per heavy atom. The van der Waals surface area contributed by atoms with Gasteiger partial charge in [0, 0.05) is 27.1 Å². The molecule has 2 heterocycles. The average Bonchev–Trinajstić information content (AvgIpc) is 2.92. The zero-order valence-electron chi connectivity index (χ0n) is 10.8. The highest BCUT2D eigenvalue weighted by Crippen LogP contribution is 2.03. The Labute approximate surface area is 110 Å². The van der Waals surface area contributed by atoms with Crippen molar-refractivity contribution < 1.29 is 4.79 Å². The highest BCUT2D eigenvalue weighted by Gasteiger charge is 2.09. The molecule has 2 aromatic rings. The van der Waals surface area contributed by atoms with E-state index in [4.69, 9.17) is 0 Å². The molecule has 0 aliphatic heterocycles. The number of anilines is 1. The van der Waals surface area contributed by atoms with Gasteiger partial charge in [0.15, 0.2) is 5.69 Å². The summed E-state index contributed by atoms with van der Waals surface area (Å²) in [5, 5.41) is 17.4. The van der Waals surface area contributed by atoms with Crippen LogP contribution < -0.4 is 5.32 Å². The number of nitrogens with zero attached hydrogens (tertiary/aromatic N) is 5. The predicted molar refractivity (Wildman–Crippen MR) is 68.6 cm³/mol. The van der Waals surface area contributed by atoms with Crippen LogP contribution >= 0.6 is 0 Å². The van der Waals surface area contributed by atoms with Crippen LogP contribution in [-0.4, -0.2) is 56.8 Å². The summed E-state index contributed by atoms with van der Waals surface area (Å²) in [4.78, 5) is 17.1. The monoisotopic (exact) mass is 261 g/mol. The van der Waals surface area contributed by atoms with Crippen molar-refractivity contribution in [3.05, 3.63) is 30.0 Å². The lowest BCUT2D eigenvalue weighted by Crippen LogP contribution is -2.23. The van der Waals surface area contributed by atoms with E-state index in [0.717, 1.165) is 5.82 Å². The second kappa shape index (κ2) is 5.89. The maximum atomic E-state index is 11.6. The largest absolute Gasteiger partial charge is 0.368 e.